The van der Waals surface area contributed by atoms with Crippen LogP contribution < -0.4 is 20.1 Å². The van der Waals surface area contributed by atoms with Crippen LogP contribution in [0.1, 0.15) is 43.2 Å². The van der Waals surface area contributed by atoms with Gasteiger partial charge < -0.3 is 20.1 Å². The molecule has 2 N–H and O–H groups in total. The third-order valence-corrected chi connectivity index (χ3v) is 6.55. The van der Waals surface area contributed by atoms with E-state index in [0.29, 0.717) is 42.5 Å². The molecule has 0 fully saturated rings. The molecule has 0 atom stereocenters. The molecule has 41 heavy (non-hydrogen) atoms. The van der Waals surface area contributed by atoms with Crippen molar-refractivity contribution < 1.29 is 19.1 Å². The van der Waals surface area contributed by atoms with E-state index in [0.717, 1.165) is 25.7 Å². The summed E-state index contributed by atoms with van der Waals surface area (Å²) < 4.78 is 11.9. The van der Waals surface area contributed by atoms with Crippen LogP contribution in [0.4, 0.5) is 11.4 Å². The van der Waals surface area contributed by atoms with Crippen LogP contribution >= 0.6 is 0 Å². The van der Waals surface area contributed by atoms with E-state index in [1.54, 1.807) is 0 Å². The van der Waals surface area contributed by atoms with Crippen molar-refractivity contribution in [1.29, 1.82) is 0 Å². The lowest BCUT2D eigenvalue weighted by atomic mass is 10.1. The minimum atomic E-state index is -0.153. The molecule has 6 heteroatoms. The fourth-order valence-electron chi connectivity index (χ4n) is 4.43. The van der Waals surface area contributed by atoms with Crippen molar-refractivity contribution in [2.24, 2.45) is 0 Å². The van der Waals surface area contributed by atoms with Gasteiger partial charge in [0.1, 0.15) is 11.5 Å². The first-order valence-corrected chi connectivity index (χ1v) is 14.3. The second-order valence-corrected chi connectivity index (χ2v) is 9.82. The summed E-state index contributed by atoms with van der Waals surface area (Å²) in [5.74, 6) is 0.986. The van der Waals surface area contributed by atoms with E-state index in [2.05, 4.69) is 34.9 Å². The van der Waals surface area contributed by atoms with Gasteiger partial charge in [-0.3, -0.25) is 9.59 Å². The van der Waals surface area contributed by atoms with Crippen molar-refractivity contribution in [3.8, 4) is 11.5 Å². The zero-order valence-corrected chi connectivity index (χ0v) is 23.4. The van der Waals surface area contributed by atoms with Gasteiger partial charge in [-0.25, -0.2) is 0 Å². The lowest BCUT2D eigenvalue weighted by Crippen LogP contribution is -2.16. The number of amides is 2. The monoisotopic (exact) mass is 550 g/mol. The van der Waals surface area contributed by atoms with Crippen LogP contribution in [0.25, 0.3) is 0 Å². The lowest BCUT2D eigenvalue weighted by molar-refractivity contribution is -0.117. The summed E-state index contributed by atoms with van der Waals surface area (Å²) in [6, 6.07) is 35.4. The number of hydrogen-bond donors (Lipinski definition) is 2. The predicted molar refractivity (Wildman–Crippen MR) is 165 cm³/mol. The summed E-state index contributed by atoms with van der Waals surface area (Å²) in [5, 5.41) is 5.85. The van der Waals surface area contributed by atoms with Crippen LogP contribution in [0, 0.1) is 0 Å². The van der Waals surface area contributed by atoms with Crippen LogP contribution in [0.2, 0.25) is 0 Å². The number of carbonyl (C=O) groups is 2. The zero-order valence-electron chi connectivity index (χ0n) is 23.4. The number of ether oxygens (including phenoxy) is 2. The largest absolute Gasteiger partial charge is 0.491 e. The molecule has 0 aromatic heterocycles. The van der Waals surface area contributed by atoms with Crippen molar-refractivity contribution >= 4 is 23.2 Å². The quantitative estimate of drug-likeness (QED) is 0.142. The van der Waals surface area contributed by atoms with Gasteiger partial charge in [-0.05, 0) is 67.5 Å². The summed E-state index contributed by atoms with van der Waals surface area (Å²) in [6.45, 7) is 1.11. The van der Waals surface area contributed by atoms with Gasteiger partial charge in [-0.2, -0.15) is 0 Å². The summed E-state index contributed by atoms with van der Waals surface area (Å²) in [4.78, 5) is 25.2. The minimum absolute atomic E-state index is 0.153. The van der Waals surface area contributed by atoms with E-state index in [-0.39, 0.29) is 24.7 Å². The number of anilines is 2. The molecule has 0 bridgehead atoms. The number of carbonyl (C=O) groups excluding carboxylic acids is 2. The molecule has 0 saturated heterocycles. The molecular formula is C35H38N2O4. The number of para-hydroxylation sites is 4. The topological polar surface area (TPSA) is 76.7 Å². The number of benzene rings is 4. The Morgan fingerprint density at radius 1 is 0.488 bits per heavy atom. The van der Waals surface area contributed by atoms with Gasteiger partial charge >= 0.3 is 0 Å². The third kappa shape index (κ3) is 10.5. The summed E-state index contributed by atoms with van der Waals surface area (Å²) in [7, 11) is 0. The molecule has 0 unspecified atom stereocenters. The van der Waals surface area contributed by atoms with E-state index >= 15 is 0 Å². The van der Waals surface area contributed by atoms with E-state index < -0.39 is 0 Å². The molecule has 0 spiro atoms. The molecule has 0 aliphatic rings. The fraction of sp³-hybridized carbons (Fsp3) is 0.257. The number of aryl methyl sites for hydroxylation is 2. The number of nitrogens with one attached hydrogen (secondary N) is 2. The SMILES string of the molecule is O=C(CCCC(=O)Nc1ccccc1OCCCc1ccccc1)Nc1ccccc1OCCCc1ccccc1. The molecule has 0 aliphatic carbocycles. The maximum Gasteiger partial charge on any atom is 0.224 e. The molecule has 212 valence electrons. The predicted octanol–water partition coefficient (Wildman–Crippen LogP) is 7.46. The molecule has 4 aromatic carbocycles. The first-order valence-electron chi connectivity index (χ1n) is 14.3. The van der Waals surface area contributed by atoms with Gasteiger partial charge in [-0.1, -0.05) is 84.9 Å². The molecular weight excluding hydrogens is 512 g/mol. The first-order chi connectivity index (χ1) is 20.2. The van der Waals surface area contributed by atoms with Crippen molar-refractivity contribution in [1.82, 2.24) is 0 Å². The van der Waals surface area contributed by atoms with Crippen molar-refractivity contribution in [2.75, 3.05) is 23.8 Å². The van der Waals surface area contributed by atoms with Gasteiger partial charge in [0, 0.05) is 12.8 Å². The highest BCUT2D eigenvalue weighted by atomic mass is 16.5. The maximum atomic E-state index is 12.6. The second kappa shape index (κ2) is 16.5. The molecule has 0 aliphatic heterocycles. The Balaban J connectivity index is 1.15. The Morgan fingerprint density at radius 3 is 1.32 bits per heavy atom. The molecule has 4 rings (SSSR count). The Bertz CT molecular complexity index is 1250. The highest BCUT2D eigenvalue weighted by molar-refractivity contribution is 5.94. The van der Waals surface area contributed by atoms with Gasteiger partial charge in [0.05, 0.1) is 24.6 Å². The van der Waals surface area contributed by atoms with E-state index in [4.69, 9.17) is 9.47 Å². The average molecular weight is 551 g/mol. The highest BCUT2D eigenvalue weighted by Crippen LogP contribution is 2.26. The molecule has 0 radical (unpaired) electrons. The van der Waals surface area contributed by atoms with Crippen molar-refractivity contribution in [3.63, 3.8) is 0 Å². The van der Waals surface area contributed by atoms with E-state index in [1.165, 1.54) is 11.1 Å². The Hall–Kier alpha value is -4.58. The third-order valence-electron chi connectivity index (χ3n) is 6.55. The Morgan fingerprint density at radius 2 is 0.878 bits per heavy atom. The van der Waals surface area contributed by atoms with Gasteiger partial charge in [0.15, 0.2) is 0 Å². The van der Waals surface area contributed by atoms with Crippen molar-refractivity contribution in [2.45, 2.75) is 44.9 Å². The number of hydrogen-bond acceptors (Lipinski definition) is 4. The van der Waals surface area contributed by atoms with Crippen LogP contribution in [-0.2, 0) is 22.4 Å². The lowest BCUT2D eigenvalue weighted by Gasteiger charge is -2.13. The molecule has 2 amide bonds. The van der Waals surface area contributed by atoms with Crippen LogP contribution in [-0.4, -0.2) is 25.0 Å². The van der Waals surface area contributed by atoms with E-state index in [9.17, 15) is 9.59 Å². The smallest absolute Gasteiger partial charge is 0.224 e. The summed E-state index contributed by atoms with van der Waals surface area (Å²) in [5.41, 5.74) is 3.83. The average Bonchev–Trinajstić information content (AvgIpc) is 3.00. The minimum Gasteiger partial charge on any atom is -0.491 e. The normalized spacial score (nSPS) is 10.5. The van der Waals surface area contributed by atoms with Gasteiger partial charge in [0.25, 0.3) is 0 Å². The van der Waals surface area contributed by atoms with Crippen molar-refractivity contribution in [3.05, 3.63) is 120 Å². The van der Waals surface area contributed by atoms with Crippen LogP contribution in [0.3, 0.4) is 0 Å². The standard InChI is InChI=1S/C35H38N2O4/c38-34(36-30-20-7-9-22-32(30)40-26-12-18-28-14-3-1-4-15-28)24-11-25-35(39)37-31-21-8-10-23-33(31)41-27-13-19-29-16-5-2-6-17-29/h1-10,14-17,20-23H,11-13,18-19,24-27H2,(H,36,38)(H,37,39). The number of rotatable bonds is 16. The Labute approximate surface area is 242 Å². The van der Waals surface area contributed by atoms with Gasteiger partial charge in [-0.15, -0.1) is 0 Å². The fourth-order valence-corrected chi connectivity index (χ4v) is 4.43. The molecule has 6 nitrogen and oxygen atoms in total. The highest BCUT2D eigenvalue weighted by Gasteiger charge is 2.11. The summed E-state index contributed by atoms with van der Waals surface area (Å²) in [6.07, 6.45) is 4.51. The molecule has 0 heterocycles. The maximum absolute atomic E-state index is 12.6. The first kappa shape index (κ1) is 29.4. The zero-order chi connectivity index (χ0) is 28.5. The molecule has 4 aromatic rings. The van der Waals surface area contributed by atoms with E-state index in [1.807, 2.05) is 84.9 Å². The van der Waals surface area contributed by atoms with Crippen LogP contribution in [0.5, 0.6) is 11.5 Å². The molecule has 0 saturated carbocycles. The second-order valence-electron chi connectivity index (χ2n) is 9.82. The van der Waals surface area contributed by atoms with Gasteiger partial charge in [0.2, 0.25) is 11.8 Å². The van der Waals surface area contributed by atoms with Crippen LogP contribution in [0.15, 0.2) is 109 Å². The Kier molecular flexibility index (Phi) is 11.8. The summed E-state index contributed by atoms with van der Waals surface area (Å²) >= 11 is 0.